The highest BCUT2D eigenvalue weighted by molar-refractivity contribution is 5.78. The minimum Gasteiger partial charge on any atom is -0.391 e. The maximum atomic E-state index is 11.0. The minimum absolute atomic E-state index is 0.0323. The van der Waals surface area contributed by atoms with E-state index in [-0.39, 0.29) is 12.1 Å². The van der Waals surface area contributed by atoms with E-state index >= 15 is 0 Å². The van der Waals surface area contributed by atoms with Gasteiger partial charge in [-0.05, 0) is 26.7 Å². The number of nitrogens with zero attached hydrogens (tertiary/aromatic N) is 2. The molecule has 4 heteroatoms. The summed E-state index contributed by atoms with van der Waals surface area (Å²) in [4.78, 5) is 11.0. The molecule has 2 rings (SSSR count). The molecule has 1 heterocycles. The molecule has 1 aliphatic carbocycles. The van der Waals surface area contributed by atoms with E-state index in [9.17, 15) is 9.90 Å². The van der Waals surface area contributed by atoms with Gasteiger partial charge in [0.1, 0.15) is 0 Å². The number of aliphatic hydroxyl groups excluding tert-OH is 1. The van der Waals surface area contributed by atoms with Crippen molar-refractivity contribution in [3.05, 3.63) is 17.0 Å². The summed E-state index contributed by atoms with van der Waals surface area (Å²) in [6.07, 6.45) is 5.68. The van der Waals surface area contributed by atoms with Crippen LogP contribution >= 0.6 is 0 Å². The first-order valence-electron chi connectivity index (χ1n) is 6.34. The van der Waals surface area contributed by atoms with Crippen LogP contribution in [0.3, 0.4) is 0 Å². The molecule has 1 aromatic heterocycles. The molecule has 4 nitrogen and oxygen atoms in total. The summed E-state index contributed by atoms with van der Waals surface area (Å²) in [7, 11) is 0. The molecule has 17 heavy (non-hydrogen) atoms. The third-order valence-electron chi connectivity index (χ3n) is 3.76. The van der Waals surface area contributed by atoms with Gasteiger partial charge >= 0.3 is 0 Å². The predicted octanol–water partition coefficient (Wildman–Crippen LogP) is 2.18. The molecule has 2 atom stereocenters. The Bertz CT molecular complexity index is 412. The van der Waals surface area contributed by atoms with Crippen LogP contribution in [0.1, 0.15) is 59.9 Å². The SMILES string of the molecule is Cc1nn(C2CCCCCC2O)c(C)c1C=O. The number of aliphatic hydroxyl groups is 1. The van der Waals surface area contributed by atoms with Crippen LogP contribution in [0.4, 0.5) is 0 Å². The zero-order valence-corrected chi connectivity index (χ0v) is 10.5. The Balaban J connectivity index is 2.34. The molecule has 1 saturated carbocycles. The van der Waals surface area contributed by atoms with Gasteiger partial charge in [-0.3, -0.25) is 9.48 Å². The second-order valence-corrected chi connectivity index (χ2v) is 4.92. The van der Waals surface area contributed by atoms with Crippen molar-refractivity contribution in [2.75, 3.05) is 0 Å². The number of carbonyl (C=O) groups excluding carboxylic acids is 1. The predicted molar refractivity (Wildman–Crippen MR) is 65.2 cm³/mol. The number of rotatable bonds is 2. The summed E-state index contributed by atoms with van der Waals surface area (Å²) < 4.78 is 1.86. The lowest BCUT2D eigenvalue weighted by molar-refractivity contribution is 0.0975. The average molecular weight is 236 g/mol. The lowest BCUT2D eigenvalue weighted by Gasteiger charge is -2.22. The highest BCUT2D eigenvalue weighted by Gasteiger charge is 2.26. The van der Waals surface area contributed by atoms with Gasteiger partial charge in [0.2, 0.25) is 0 Å². The quantitative estimate of drug-likeness (QED) is 0.632. The largest absolute Gasteiger partial charge is 0.391 e. The average Bonchev–Trinajstić information content (AvgIpc) is 2.48. The van der Waals surface area contributed by atoms with E-state index in [1.807, 2.05) is 18.5 Å². The third-order valence-corrected chi connectivity index (χ3v) is 3.76. The molecule has 2 unspecified atom stereocenters. The van der Waals surface area contributed by atoms with E-state index in [4.69, 9.17) is 0 Å². The maximum Gasteiger partial charge on any atom is 0.153 e. The van der Waals surface area contributed by atoms with Gasteiger partial charge in [0.15, 0.2) is 6.29 Å². The first-order valence-corrected chi connectivity index (χ1v) is 6.34. The summed E-state index contributed by atoms with van der Waals surface area (Å²) in [5.41, 5.74) is 2.30. The lowest BCUT2D eigenvalue weighted by Crippen LogP contribution is -2.25. The summed E-state index contributed by atoms with van der Waals surface area (Å²) in [5.74, 6) is 0. The highest BCUT2D eigenvalue weighted by atomic mass is 16.3. The number of aromatic nitrogens is 2. The fourth-order valence-corrected chi connectivity index (χ4v) is 2.72. The van der Waals surface area contributed by atoms with Crippen molar-refractivity contribution in [2.24, 2.45) is 0 Å². The molecule has 1 aromatic rings. The summed E-state index contributed by atoms with van der Waals surface area (Å²) in [6.45, 7) is 3.75. The molecular weight excluding hydrogens is 216 g/mol. The molecule has 0 aromatic carbocycles. The molecule has 1 aliphatic rings. The van der Waals surface area contributed by atoms with Crippen LogP contribution in [0.2, 0.25) is 0 Å². The van der Waals surface area contributed by atoms with Gasteiger partial charge in [0.05, 0.1) is 23.4 Å². The Kier molecular flexibility index (Phi) is 3.62. The summed E-state index contributed by atoms with van der Waals surface area (Å²) in [6, 6.07) is 0.0323. The van der Waals surface area contributed by atoms with Crippen molar-refractivity contribution < 1.29 is 9.90 Å². The number of carbonyl (C=O) groups is 1. The molecule has 0 amide bonds. The summed E-state index contributed by atoms with van der Waals surface area (Å²) >= 11 is 0. The van der Waals surface area contributed by atoms with E-state index in [0.29, 0.717) is 5.56 Å². The Labute approximate surface area is 102 Å². The second kappa shape index (κ2) is 5.00. The smallest absolute Gasteiger partial charge is 0.153 e. The molecular formula is C13H20N2O2. The van der Waals surface area contributed by atoms with Gasteiger partial charge in [-0.1, -0.05) is 19.3 Å². The Morgan fingerprint density at radius 3 is 2.65 bits per heavy atom. The molecule has 94 valence electrons. The zero-order chi connectivity index (χ0) is 12.4. The van der Waals surface area contributed by atoms with Crippen LogP contribution in [0.15, 0.2) is 0 Å². The first kappa shape index (κ1) is 12.3. The van der Waals surface area contributed by atoms with Gasteiger partial charge in [-0.25, -0.2) is 0 Å². The molecule has 0 aliphatic heterocycles. The van der Waals surface area contributed by atoms with Gasteiger partial charge in [-0.15, -0.1) is 0 Å². The van der Waals surface area contributed by atoms with Gasteiger partial charge in [0.25, 0.3) is 0 Å². The maximum absolute atomic E-state index is 11.0. The van der Waals surface area contributed by atoms with E-state index in [1.54, 1.807) is 0 Å². The standard InChI is InChI=1S/C13H20N2O2/c1-9-11(8-16)10(2)15(14-9)12-6-4-3-5-7-13(12)17/h8,12-13,17H,3-7H2,1-2H3. The van der Waals surface area contributed by atoms with Gasteiger partial charge in [-0.2, -0.15) is 5.10 Å². The number of aryl methyl sites for hydroxylation is 1. The Hall–Kier alpha value is -1.16. The molecule has 0 radical (unpaired) electrons. The minimum atomic E-state index is -0.338. The number of hydrogen-bond donors (Lipinski definition) is 1. The van der Waals surface area contributed by atoms with Crippen LogP contribution in [-0.2, 0) is 0 Å². The van der Waals surface area contributed by atoms with Crippen LogP contribution < -0.4 is 0 Å². The summed E-state index contributed by atoms with van der Waals surface area (Å²) in [5, 5.41) is 14.6. The third kappa shape index (κ3) is 2.27. The van der Waals surface area contributed by atoms with Crippen molar-refractivity contribution in [2.45, 2.75) is 58.1 Å². The zero-order valence-electron chi connectivity index (χ0n) is 10.5. The van der Waals surface area contributed by atoms with Crippen molar-refractivity contribution in [1.29, 1.82) is 0 Å². The molecule has 0 bridgehead atoms. The van der Waals surface area contributed by atoms with Crippen LogP contribution in [0.5, 0.6) is 0 Å². The van der Waals surface area contributed by atoms with Gasteiger partial charge < -0.3 is 5.11 Å². The fraction of sp³-hybridized carbons (Fsp3) is 0.692. The second-order valence-electron chi connectivity index (χ2n) is 4.92. The van der Waals surface area contributed by atoms with E-state index in [0.717, 1.165) is 43.4 Å². The first-order chi connectivity index (χ1) is 8.15. The molecule has 1 N–H and O–H groups in total. The topological polar surface area (TPSA) is 55.1 Å². The van der Waals surface area contributed by atoms with Crippen molar-refractivity contribution in [3.63, 3.8) is 0 Å². The number of aldehydes is 1. The Morgan fingerprint density at radius 1 is 1.29 bits per heavy atom. The molecule has 1 fully saturated rings. The molecule has 0 spiro atoms. The van der Waals surface area contributed by atoms with Crippen LogP contribution in [-0.4, -0.2) is 27.3 Å². The van der Waals surface area contributed by atoms with Crippen molar-refractivity contribution >= 4 is 6.29 Å². The Morgan fingerprint density at radius 2 is 2.00 bits per heavy atom. The monoisotopic (exact) mass is 236 g/mol. The van der Waals surface area contributed by atoms with E-state index < -0.39 is 0 Å². The molecule has 0 saturated heterocycles. The van der Waals surface area contributed by atoms with Crippen LogP contribution in [0, 0.1) is 13.8 Å². The lowest BCUT2D eigenvalue weighted by atomic mass is 10.1. The highest BCUT2D eigenvalue weighted by Crippen LogP contribution is 2.29. The van der Waals surface area contributed by atoms with E-state index in [1.165, 1.54) is 6.42 Å². The fourth-order valence-electron chi connectivity index (χ4n) is 2.72. The van der Waals surface area contributed by atoms with E-state index in [2.05, 4.69) is 5.10 Å². The van der Waals surface area contributed by atoms with Crippen molar-refractivity contribution in [3.8, 4) is 0 Å². The van der Waals surface area contributed by atoms with Crippen LogP contribution in [0.25, 0.3) is 0 Å². The van der Waals surface area contributed by atoms with Crippen molar-refractivity contribution in [1.82, 2.24) is 9.78 Å². The van der Waals surface area contributed by atoms with Gasteiger partial charge in [0, 0.05) is 5.69 Å². The number of hydrogen-bond acceptors (Lipinski definition) is 3. The normalized spacial score (nSPS) is 25.6.